The summed E-state index contributed by atoms with van der Waals surface area (Å²) in [5.41, 5.74) is 0.940. The molecule has 0 bridgehead atoms. The third-order valence-corrected chi connectivity index (χ3v) is 3.96. The normalized spacial score (nSPS) is 15.8. The molecule has 92 valence electrons. The Morgan fingerprint density at radius 1 is 1.59 bits per heavy atom. The Labute approximate surface area is 108 Å². The van der Waals surface area contributed by atoms with Gasteiger partial charge in [-0.3, -0.25) is 9.59 Å². The van der Waals surface area contributed by atoms with Crippen LogP contribution < -0.4 is 5.32 Å². The fraction of sp³-hybridized carbons (Fsp3) is 0.500. The number of hydrogen-bond acceptors (Lipinski definition) is 4. The van der Waals surface area contributed by atoms with Crippen LogP contribution in [0.25, 0.3) is 0 Å². The maximum atomic E-state index is 12.0. The van der Waals surface area contributed by atoms with Crippen LogP contribution in [0.5, 0.6) is 0 Å². The van der Waals surface area contributed by atoms with Crippen molar-refractivity contribution in [1.82, 2.24) is 15.2 Å². The molecule has 0 unspecified atom stereocenters. The quantitative estimate of drug-likeness (QED) is 0.775. The number of amides is 2. The number of aromatic amines is 1. The number of thiazole rings is 1. The Morgan fingerprint density at radius 2 is 2.35 bits per heavy atom. The second-order valence-corrected chi connectivity index (χ2v) is 5.68. The Bertz CT molecular complexity index is 506. The van der Waals surface area contributed by atoms with Crippen molar-refractivity contribution in [3.8, 4) is 0 Å². The molecule has 2 N–H and O–H groups in total. The second-order valence-electron chi connectivity index (χ2n) is 3.90. The number of rotatable bonds is 2. The Balaban J connectivity index is 2.03. The van der Waals surface area contributed by atoms with Gasteiger partial charge in [0.25, 0.3) is 0 Å². The van der Waals surface area contributed by atoms with Crippen LogP contribution in [0.3, 0.4) is 0 Å². The molecule has 0 aromatic carbocycles. The van der Waals surface area contributed by atoms with E-state index in [1.807, 2.05) is 6.92 Å². The van der Waals surface area contributed by atoms with Crippen LogP contribution in [-0.4, -0.2) is 41.3 Å². The molecule has 5 nitrogen and oxygen atoms in total. The van der Waals surface area contributed by atoms with Gasteiger partial charge in [-0.05, 0) is 19.1 Å². The topological polar surface area (TPSA) is 65.2 Å². The number of piperazine rings is 1. The smallest absolute Gasteiger partial charge is 0.239 e. The molecule has 1 aromatic heterocycles. The lowest BCUT2D eigenvalue weighted by atomic mass is 10.2. The number of hydrogen-bond donors (Lipinski definition) is 2. The average Bonchev–Trinajstić information content (AvgIpc) is 2.57. The van der Waals surface area contributed by atoms with Crippen molar-refractivity contribution in [2.75, 3.05) is 19.6 Å². The zero-order valence-electron chi connectivity index (χ0n) is 9.41. The number of carbonyl (C=O) groups excluding carboxylic acids is 2. The van der Waals surface area contributed by atoms with Gasteiger partial charge in [-0.25, -0.2) is 0 Å². The summed E-state index contributed by atoms with van der Waals surface area (Å²) in [6.07, 6.45) is 0.316. The summed E-state index contributed by atoms with van der Waals surface area (Å²) in [6.45, 7) is 3.18. The summed E-state index contributed by atoms with van der Waals surface area (Å²) in [4.78, 5) is 28.7. The van der Waals surface area contributed by atoms with Gasteiger partial charge in [-0.2, -0.15) is 0 Å². The van der Waals surface area contributed by atoms with E-state index in [1.165, 1.54) is 11.3 Å². The van der Waals surface area contributed by atoms with Gasteiger partial charge in [-0.1, -0.05) is 0 Å². The summed E-state index contributed by atoms with van der Waals surface area (Å²) in [7, 11) is 0. The highest BCUT2D eigenvalue weighted by molar-refractivity contribution is 7.73. The lowest BCUT2D eigenvalue weighted by molar-refractivity contribution is -0.137. The third-order valence-electron chi connectivity index (χ3n) is 2.63. The number of nitrogens with one attached hydrogen (secondary N) is 2. The first-order chi connectivity index (χ1) is 8.06. The van der Waals surface area contributed by atoms with Crippen LogP contribution in [-0.2, 0) is 16.0 Å². The van der Waals surface area contributed by atoms with Crippen LogP contribution >= 0.6 is 23.6 Å². The minimum absolute atomic E-state index is 0.0202. The molecular formula is C10H13N3O2S2. The van der Waals surface area contributed by atoms with E-state index in [4.69, 9.17) is 12.2 Å². The first-order valence-electron chi connectivity index (χ1n) is 5.29. The maximum absolute atomic E-state index is 12.0. The molecule has 1 aliphatic rings. The van der Waals surface area contributed by atoms with Crippen LogP contribution in [0.4, 0.5) is 0 Å². The molecule has 2 rings (SSSR count). The fourth-order valence-electron chi connectivity index (χ4n) is 1.71. The van der Waals surface area contributed by atoms with Crippen LogP contribution in [0.15, 0.2) is 0 Å². The molecule has 7 heteroatoms. The lowest BCUT2D eigenvalue weighted by Crippen LogP contribution is -2.50. The minimum atomic E-state index is -0.0944. The van der Waals surface area contributed by atoms with Gasteiger partial charge in [-0.15, -0.1) is 11.3 Å². The van der Waals surface area contributed by atoms with Crippen molar-refractivity contribution in [2.24, 2.45) is 0 Å². The highest BCUT2D eigenvalue weighted by Gasteiger charge is 2.22. The molecule has 1 aliphatic heterocycles. The number of H-pyrrole nitrogens is 1. The van der Waals surface area contributed by atoms with Crippen LogP contribution in [0.2, 0.25) is 0 Å². The largest absolute Gasteiger partial charge is 0.353 e. The first-order valence-corrected chi connectivity index (χ1v) is 6.52. The van der Waals surface area contributed by atoms with E-state index in [9.17, 15) is 9.59 Å². The highest BCUT2D eigenvalue weighted by atomic mass is 32.1. The molecule has 0 aliphatic carbocycles. The van der Waals surface area contributed by atoms with E-state index >= 15 is 0 Å². The summed E-state index contributed by atoms with van der Waals surface area (Å²) >= 11 is 6.44. The third kappa shape index (κ3) is 2.92. The van der Waals surface area contributed by atoms with Crippen LogP contribution in [0.1, 0.15) is 10.6 Å². The van der Waals surface area contributed by atoms with Crippen molar-refractivity contribution in [2.45, 2.75) is 13.3 Å². The van der Waals surface area contributed by atoms with Gasteiger partial charge in [0.1, 0.15) is 0 Å². The maximum Gasteiger partial charge on any atom is 0.239 e. The molecule has 2 heterocycles. The minimum Gasteiger partial charge on any atom is -0.353 e. The first kappa shape index (κ1) is 12.3. The average molecular weight is 271 g/mol. The molecule has 1 aromatic rings. The van der Waals surface area contributed by atoms with Gasteiger partial charge in [0.2, 0.25) is 11.8 Å². The Hall–Kier alpha value is -1.21. The molecule has 1 fully saturated rings. The van der Waals surface area contributed by atoms with E-state index in [2.05, 4.69) is 10.3 Å². The van der Waals surface area contributed by atoms with Gasteiger partial charge < -0.3 is 15.2 Å². The van der Waals surface area contributed by atoms with Crippen molar-refractivity contribution in [1.29, 1.82) is 0 Å². The number of aromatic nitrogens is 1. The number of aryl methyl sites for hydroxylation is 1. The molecule has 0 spiro atoms. The SMILES string of the molecule is Cc1[nH]c(=S)sc1CC(=O)N1CCNC(=O)C1. The lowest BCUT2D eigenvalue weighted by Gasteiger charge is -2.26. The summed E-state index contributed by atoms with van der Waals surface area (Å²) in [5, 5.41) is 2.69. The Kier molecular flexibility index (Phi) is 3.58. The summed E-state index contributed by atoms with van der Waals surface area (Å²) in [6, 6.07) is 0. The molecule has 0 saturated carbocycles. The van der Waals surface area contributed by atoms with E-state index in [0.29, 0.717) is 23.5 Å². The molecule has 0 atom stereocenters. The molecule has 2 amide bonds. The Morgan fingerprint density at radius 3 is 2.94 bits per heavy atom. The summed E-state index contributed by atoms with van der Waals surface area (Å²) < 4.78 is 0.682. The van der Waals surface area contributed by atoms with E-state index in [-0.39, 0.29) is 18.4 Å². The predicted octanol–water partition coefficient (Wildman–Crippen LogP) is 0.615. The molecule has 0 radical (unpaired) electrons. The fourth-order valence-corrected chi connectivity index (χ4v) is 2.99. The van der Waals surface area contributed by atoms with E-state index < -0.39 is 0 Å². The van der Waals surface area contributed by atoms with Gasteiger partial charge in [0, 0.05) is 23.7 Å². The second kappa shape index (κ2) is 4.97. The van der Waals surface area contributed by atoms with Crippen molar-refractivity contribution in [3.63, 3.8) is 0 Å². The predicted molar refractivity (Wildman–Crippen MR) is 67.5 cm³/mol. The van der Waals surface area contributed by atoms with Crippen molar-refractivity contribution >= 4 is 35.4 Å². The van der Waals surface area contributed by atoms with Gasteiger partial charge >= 0.3 is 0 Å². The van der Waals surface area contributed by atoms with Crippen molar-refractivity contribution in [3.05, 3.63) is 14.5 Å². The van der Waals surface area contributed by atoms with E-state index in [0.717, 1.165) is 10.6 Å². The molecule has 1 saturated heterocycles. The summed E-state index contributed by atoms with van der Waals surface area (Å²) in [5.74, 6) is -0.115. The van der Waals surface area contributed by atoms with Gasteiger partial charge in [0.15, 0.2) is 3.95 Å². The zero-order valence-corrected chi connectivity index (χ0v) is 11.0. The highest BCUT2D eigenvalue weighted by Crippen LogP contribution is 2.16. The molecule has 17 heavy (non-hydrogen) atoms. The zero-order chi connectivity index (χ0) is 12.4. The molecular weight excluding hydrogens is 258 g/mol. The number of nitrogens with zero attached hydrogens (tertiary/aromatic N) is 1. The number of carbonyl (C=O) groups is 2. The van der Waals surface area contributed by atoms with Crippen LogP contribution in [0, 0.1) is 10.9 Å². The van der Waals surface area contributed by atoms with Gasteiger partial charge in [0.05, 0.1) is 13.0 Å². The van der Waals surface area contributed by atoms with E-state index in [1.54, 1.807) is 4.90 Å². The van der Waals surface area contributed by atoms with Crippen molar-refractivity contribution < 1.29 is 9.59 Å². The monoisotopic (exact) mass is 271 g/mol. The standard InChI is InChI=1S/C10H13N3O2S2/c1-6-7(17-10(16)12-6)4-9(15)13-3-2-11-8(14)5-13/h2-5H2,1H3,(H,11,14)(H,12,16).